The molecule has 1 aliphatic rings. The molecule has 0 saturated carbocycles. The van der Waals surface area contributed by atoms with E-state index in [1.54, 1.807) is 18.7 Å². The fourth-order valence-electron chi connectivity index (χ4n) is 4.21. The summed E-state index contributed by atoms with van der Waals surface area (Å²) < 4.78 is 5.74. The molecule has 3 N–H and O–H groups in total. The van der Waals surface area contributed by atoms with Crippen molar-refractivity contribution in [2.75, 3.05) is 19.0 Å². The van der Waals surface area contributed by atoms with Gasteiger partial charge in [-0.05, 0) is 37.3 Å². The minimum absolute atomic E-state index is 0.0115. The number of hydrogen-bond acceptors (Lipinski definition) is 6. The molecule has 204 valence electrons. The number of hydrogen-bond donors (Lipinski definition) is 3. The highest BCUT2D eigenvalue weighted by molar-refractivity contribution is 7.98. The van der Waals surface area contributed by atoms with Gasteiger partial charge in [0.05, 0.1) is 24.5 Å². The summed E-state index contributed by atoms with van der Waals surface area (Å²) in [5.41, 5.74) is 2.24. The van der Waals surface area contributed by atoms with Gasteiger partial charge in [-0.1, -0.05) is 72.8 Å². The smallest absolute Gasteiger partial charge is 0.309 e. The van der Waals surface area contributed by atoms with E-state index < -0.39 is 5.92 Å². The van der Waals surface area contributed by atoms with Crippen molar-refractivity contribution in [2.45, 2.75) is 50.4 Å². The van der Waals surface area contributed by atoms with Crippen LogP contribution in [0.5, 0.6) is 0 Å². The average Bonchev–Trinajstić information content (AvgIpc) is 2.92. The predicted molar refractivity (Wildman–Crippen MR) is 150 cm³/mol. The highest BCUT2D eigenvalue weighted by Crippen LogP contribution is 2.20. The molecule has 2 aromatic carbocycles. The van der Waals surface area contributed by atoms with E-state index in [9.17, 15) is 19.5 Å². The van der Waals surface area contributed by atoms with Crippen molar-refractivity contribution >= 4 is 29.5 Å². The fraction of sp³-hybridized carbons (Fsp3) is 0.433. The molecule has 3 rings (SSSR count). The third-order valence-corrected chi connectivity index (χ3v) is 7.53. The van der Waals surface area contributed by atoms with Gasteiger partial charge in [0, 0.05) is 24.0 Å². The molecule has 0 radical (unpaired) electrons. The van der Waals surface area contributed by atoms with Gasteiger partial charge in [-0.15, -0.1) is 0 Å². The van der Waals surface area contributed by atoms with Crippen molar-refractivity contribution in [1.82, 2.24) is 10.6 Å². The molecule has 7 nitrogen and oxygen atoms in total. The summed E-state index contributed by atoms with van der Waals surface area (Å²) in [6.07, 6.45) is 5.22. The highest BCUT2D eigenvalue weighted by atomic mass is 32.2. The Labute approximate surface area is 229 Å². The van der Waals surface area contributed by atoms with Crippen LogP contribution in [0.15, 0.2) is 72.8 Å². The number of esters is 1. The molecule has 8 heteroatoms. The summed E-state index contributed by atoms with van der Waals surface area (Å²) in [5, 5.41) is 15.0. The summed E-state index contributed by atoms with van der Waals surface area (Å²) in [6, 6.07) is 19.1. The molecule has 0 unspecified atom stereocenters. The first-order chi connectivity index (χ1) is 18.4. The van der Waals surface area contributed by atoms with E-state index >= 15 is 0 Å². The van der Waals surface area contributed by atoms with E-state index in [1.165, 1.54) is 5.56 Å². The highest BCUT2D eigenvalue weighted by Gasteiger charge is 2.27. The van der Waals surface area contributed by atoms with Crippen molar-refractivity contribution in [3.63, 3.8) is 0 Å². The van der Waals surface area contributed by atoms with Gasteiger partial charge in [-0.2, -0.15) is 11.8 Å². The number of amides is 2. The second-order valence-electron chi connectivity index (χ2n) is 9.72. The van der Waals surface area contributed by atoms with Crippen LogP contribution in [-0.4, -0.2) is 53.9 Å². The predicted octanol–water partition coefficient (Wildman–Crippen LogP) is 3.66. The lowest BCUT2D eigenvalue weighted by atomic mass is 9.94. The zero-order valence-corrected chi connectivity index (χ0v) is 22.7. The van der Waals surface area contributed by atoms with Gasteiger partial charge in [-0.25, -0.2) is 0 Å². The third-order valence-electron chi connectivity index (χ3n) is 6.35. The number of aliphatic hydroxyl groups is 1. The SMILES string of the molecule is C[C@H](CO)NC(=O)C[C@H]1CC=CC[C@H](Cc2ccccc2)C(=O)OC[C@H](CSCc2ccccc2)NC1=O. The molecule has 0 aliphatic carbocycles. The standard InChI is InChI=1S/C30H38N2O5S/c1-22(18-33)31-28(34)17-25-14-8-9-15-26(16-23-10-4-2-5-11-23)30(36)37-19-27(32-29(25)35)21-38-20-24-12-6-3-7-13-24/h2-13,22,25-27,33H,14-21H2,1H3,(H,31,34)(H,32,35)/t22-,25-,26-,27-/m1/s1. The van der Waals surface area contributed by atoms with E-state index in [0.29, 0.717) is 25.0 Å². The zero-order chi connectivity index (χ0) is 27.2. The minimum Gasteiger partial charge on any atom is -0.463 e. The molecule has 0 fully saturated rings. The van der Waals surface area contributed by atoms with Gasteiger partial charge >= 0.3 is 5.97 Å². The molecular weight excluding hydrogens is 500 g/mol. The molecule has 4 atom stereocenters. The number of thioether (sulfide) groups is 1. The van der Waals surface area contributed by atoms with Crippen molar-refractivity contribution in [3.05, 3.63) is 83.9 Å². The zero-order valence-electron chi connectivity index (χ0n) is 21.9. The Morgan fingerprint density at radius 3 is 2.32 bits per heavy atom. The lowest BCUT2D eigenvalue weighted by Gasteiger charge is -2.24. The Kier molecular flexibility index (Phi) is 12.4. The van der Waals surface area contributed by atoms with E-state index in [0.717, 1.165) is 11.3 Å². The third kappa shape index (κ3) is 10.3. The van der Waals surface area contributed by atoms with Crippen LogP contribution in [0.3, 0.4) is 0 Å². The molecule has 0 bridgehead atoms. The Bertz CT molecular complexity index is 1050. The van der Waals surface area contributed by atoms with Crippen molar-refractivity contribution < 1.29 is 24.2 Å². The van der Waals surface area contributed by atoms with E-state index in [4.69, 9.17) is 4.74 Å². The van der Waals surface area contributed by atoms with Crippen LogP contribution in [0.2, 0.25) is 0 Å². The number of benzene rings is 2. The first-order valence-corrected chi connectivity index (χ1v) is 14.3. The van der Waals surface area contributed by atoms with Gasteiger partial charge in [0.15, 0.2) is 0 Å². The van der Waals surface area contributed by atoms with E-state index in [1.807, 2.05) is 60.7 Å². The Balaban J connectivity index is 1.72. The Morgan fingerprint density at radius 1 is 1.03 bits per heavy atom. The number of rotatable bonds is 10. The number of ether oxygens (including phenoxy) is 1. The van der Waals surface area contributed by atoms with Gasteiger partial charge in [0.2, 0.25) is 11.8 Å². The lowest BCUT2D eigenvalue weighted by Crippen LogP contribution is -2.45. The normalized spacial score (nSPS) is 21.4. The maximum absolute atomic E-state index is 13.2. The van der Waals surface area contributed by atoms with Gasteiger partial charge in [0.1, 0.15) is 6.61 Å². The minimum atomic E-state index is -0.568. The first kappa shape index (κ1) is 29.5. The number of carbonyl (C=O) groups is 3. The fourth-order valence-corrected chi connectivity index (χ4v) is 5.22. The first-order valence-electron chi connectivity index (χ1n) is 13.1. The molecule has 1 heterocycles. The van der Waals surface area contributed by atoms with Crippen LogP contribution >= 0.6 is 11.8 Å². The van der Waals surface area contributed by atoms with Crippen molar-refractivity contribution in [1.29, 1.82) is 0 Å². The number of carbonyl (C=O) groups excluding carboxylic acids is 3. The van der Waals surface area contributed by atoms with Gasteiger partial charge in [-0.3, -0.25) is 14.4 Å². The average molecular weight is 539 g/mol. The molecule has 2 aromatic rings. The molecule has 2 amide bonds. The summed E-state index contributed by atoms with van der Waals surface area (Å²) >= 11 is 1.66. The molecule has 38 heavy (non-hydrogen) atoms. The summed E-state index contributed by atoms with van der Waals surface area (Å²) in [6.45, 7) is 1.61. The molecule has 0 aromatic heterocycles. The van der Waals surface area contributed by atoms with Crippen LogP contribution < -0.4 is 10.6 Å². The van der Waals surface area contributed by atoms with E-state index in [2.05, 4.69) is 22.8 Å². The van der Waals surface area contributed by atoms with Crippen molar-refractivity contribution in [3.8, 4) is 0 Å². The summed E-state index contributed by atoms with van der Waals surface area (Å²) in [7, 11) is 0. The second-order valence-corrected chi connectivity index (χ2v) is 10.7. The van der Waals surface area contributed by atoms with Crippen LogP contribution in [0.1, 0.15) is 37.3 Å². The largest absolute Gasteiger partial charge is 0.463 e. The topological polar surface area (TPSA) is 105 Å². The van der Waals surface area contributed by atoms with Crippen LogP contribution in [-0.2, 0) is 31.3 Å². The van der Waals surface area contributed by atoms with E-state index in [-0.39, 0.29) is 55.4 Å². The molecule has 1 aliphatic heterocycles. The number of nitrogens with one attached hydrogen (secondary N) is 2. The number of cyclic esters (lactones) is 1. The van der Waals surface area contributed by atoms with Crippen LogP contribution in [0.25, 0.3) is 0 Å². The van der Waals surface area contributed by atoms with Crippen LogP contribution in [0.4, 0.5) is 0 Å². The monoisotopic (exact) mass is 538 g/mol. The summed E-state index contributed by atoms with van der Waals surface area (Å²) in [5.74, 6) is -0.381. The van der Waals surface area contributed by atoms with Crippen LogP contribution in [0, 0.1) is 11.8 Å². The number of aliphatic hydroxyl groups excluding tert-OH is 1. The maximum atomic E-state index is 13.2. The Morgan fingerprint density at radius 2 is 1.66 bits per heavy atom. The quantitative estimate of drug-likeness (QED) is 0.315. The molecule has 0 saturated heterocycles. The maximum Gasteiger partial charge on any atom is 0.309 e. The van der Waals surface area contributed by atoms with Gasteiger partial charge < -0.3 is 20.5 Å². The van der Waals surface area contributed by atoms with Crippen molar-refractivity contribution in [2.24, 2.45) is 11.8 Å². The molecule has 0 spiro atoms. The summed E-state index contributed by atoms with van der Waals surface area (Å²) in [4.78, 5) is 38.8. The number of allylic oxidation sites excluding steroid dienone is 2. The lowest BCUT2D eigenvalue weighted by molar-refractivity contribution is -0.149. The van der Waals surface area contributed by atoms with Gasteiger partial charge in [0.25, 0.3) is 0 Å². The second kappa shape index (κ2) is 16.0. The molecular formula is C30H38N2O5S. The Hall–Kier alpha value is -3.10.